The first-order chi connectivity index (χ1) is 21.9. The van der Waals surface area contributed by atoms with E-state index in [1.54, 1.807) is 42.5 Å². The Morgan fingerprint density at radius 2 is 1.33 bits per heavy atom. The molecule has 0 aliphatic carbocycles. The summed E-state index contributed by atoms with van der Waals surface area (Å²) in [5, 5.41) is 17.3. The number of rotatable bonds is 13. The maximum atomic E-state index is 13.3. The third-order valence-corrected chi connectivity index (χ3v) is 8.56. The lowest BCUT2D eigenvalue weighted by Gasteiger charge is -2.28. The lowest BCUT2D eigenvalue weighted by Crippen LogP contribution is -2.44. The third-order valence-electron chi connectivity index (χ3n) is 8.24. The average molecular weight is 623 g/mol. The van der Waals surface area contributed by atoms with Crippen molar-refractivity contribution in [1.29, 1.82) is 5.41 Å². The van der Waals surface area contributed by atoms with Gasteiger partial charge in [0.1, 0.15) is 0 Å². The Kier molecular flexibility index (Phi) is 8.44. The number of carbonyl (C=O) groups is 4. The van der Waals surface area contributed by atoms with Gasteiger partial charge in [-0.2, -0.15) is 0 Å². The predicted molar refractivity (Wildman–Crippen MR) is 175 cm³/mol. The van der Waals surface area contributed by atoms with Gasteiger partial charge in [0, 0.05) is 65.2 Å². The first-order valence-electron chi connectivity index (χ1n) is 14.7. The lowest BCUT2D eigenvalue weighted by molar-refractivity contribution is 0.0597. The van der Waals surface area contributed by atoms with E-state index in [4.69, 9.17) is 17.0 Å². The van der Waals surface area contributed by atoms with Crippen LogP contribution in [0.2, 0.25) is 5.02 Å². The van der Waals surface area contributed by atoms with Gasteiger partial charge in [-0.25, -0.2) is 0 Å². The molecule has 6 rings (SSSR count). The highest BCUT2D eigenvalue weighted by atomic mass is 35.5. The van der Waals surface area contributed by atoms with Crippen LogP contribution in [0.15, 0.2) is 73.4 Å². The molecule has 10 nitrogen and oxygen atoms in total. The van der Waals surface area contributed by atoms with E-state index < -0.39 is 0 Å². The molecule has 3 N–H and O–H groups in total. The molecule has 11 heteroatoms. The first kappa shape index (κ1) is 30.1. The summed E-state index contributed by atoms with van der Waals surface area (Å²) in [6, 6.07) is 17.7. The van der Waals surface area contributed by atoms with E-state index in [2.05, 4.69) is 17.2 Å². The van der Waals surface area contributed by atoms with Crippen molar-refractivity contribution in [3.63, 3.8) is 0 Å². The fourth-order valence-electron chi connectivity index (χ4n) is 6.07. The topological polar surface area (TPSA) is 126 Å². The minimum absolute atomic E-state index is 0.216. The molecule has 45 heavy (non-hydrogen) atoms. The smallest absolute Gasteiger partial charge is 0.262 e. The average Bonchev–Trinajstić information content (AvgIpc) is 3.05. The molecular formula is C34H31ClN6O4. The van der Waals surface area contributed by atoms with E-state index in [0.717, 1.165) is 18.1 Å². The Balaban J connectivity index is 0.973. The van der Waals surface area contributed by atoms with Crippen molar-refractivity contribution < 1.29 is 19.2 Å². The summed E-state index contributed by atoms with van der Waals surface area (Å²) in [6.07, 6.45) is 3.39. The van der Waals surface area contributed by atoms with Gasteiger partial charge in [0.25, 0.3) is 23.6 Å². The zero-order chi connectivity index (χ0) is 31.7. The number of amides is 4. The summed E-state index contributed by atoms with van der Waals surface area (Å²) in [5.41, 5.74) is 2.43. The number of nitrogens with one attached hydrogen (secondary N) is 3. The Morgan fingerprint density at radius 1 is 0.733 bits per heavy atom. The SMILES string of the molecule is C=CN(C=N)c1ccc2c3c(cccc13)C(=O)N(CCNCCCNCCN1C(=O)c3cccc4ccc(Cl)c(c34)C1=O)C2=O. The van der Waals surface area contributed by atoms with E-state index in [0.29, 0.717) is 75.3 Å². The summed E-state index contributed by atoms with van der Waals surface area (Å²) < 4.78 is 0. The van der Waals surface area contributed by atoms with Crippen LogP contribution in [-0.4, -0.2) is 79.0 Å². The third kappa shape index (κ3) is 5.27. The second kappa shape index (κ2) is 12.6. The normalized spacial score (nSPS) is 14.1. The highest BCUT2D eigenvalue weighted by Crippen LogP contribution is 2.36. The molecular weight excluding hydrogens is 592 g/mol. The van der Waals surface area contributed by atoms with Gasteiger partial charge in [-0.3, -0.25) is 34.4 Å². The minimum atomic E-state index is -0.385. The number of halogens is 1. The van der Waals surface area contributed by atoms with Crippen LogP contribution in [0.25, 0.3) is 21.5 Å². The van der Waals surface area contributed by atoms with Crippen LogP contribution in [0.3, 0.4) is 0 Å². The molecule has 0 radical (unpaired) electrons. The number of hydrogen-bond acceptors (Lipinski definition) is 7. The molecule has 0 unspecified atom stereocenters. The Bertz CT molecular complexity index is 1880. The lowest BCUT2D eigenvalue weighted by atomic mass is 9.93. The number of benzene rings is 4. The number of carbonyl (C=O) groups excluding carboxylic acids is 4. The molecule has 0 saturated carbocycles. The fourth-order valence-corrected chi connectivity index (χ4v) is 6.30. The van der Waals surface area contributed by atoms with Gasteiger partial charge >= 0.3 is 0 Å². The van der Waals surface area contributed by atoms with Crippen LogP contribution >= 0.6 is 11.6 Å². The molecule has 2 aliphatic heterocycles. The van der Waals surface area contributed by atoms with E-state index in [1.807, 2.05) is 18.2 Å². The fraction of sp³-hybridized carbons (Fsp3) is 0.206. The molecule has 4 aromatic rings. The summed E-state index contributed by atoms with van der Waals surface area (Å²) in [6.45, 7) is 6.33. The van der Waals surface area contributed by atoms with Crippen molar-refractivity contribution in [2.45, 2.75) is 6.42 Å². The van der Waals surface area contributed by atoms with Crippen LogP contribution in [-0.2, 0) is 0 Å². The van der Waals surface area contributed by atoms with E-state index >= 15 is 0 Å². The monoisotopic (exact) mass is 622 g/mol. The maximum Gasteiger partial charge on any atom is 0.262 e. The molecule has 4 amide bonds. The number of hydrogen-bond donors (Lipinski definition) is 3. The van der Waals surface area contributed by atoms with Gasteiger partial charge in [0.05, 0.1) is 22.6 Å². The maximum absolute atomic E-state index is 13.3. The van der Waals surface area contributed by atoms with Gasteiger partial charge in [-0.05, 0) is 55.2 Å². The van der Waals surface area contributed by atoms with Crippen molar-refractivity contribution in [1.82, 2.24) is 20.4 Å². The van der Waals surface area contributed by atoms with Crippen LogP contribution in [0.1, 0.15) is 47.9 Å². The minimum Gasteiger partial charge on any atom is -0.315 e. The largest absolute Gasteiger partial charge is 0.315 e. The van der Waals surface area contributed by atoms with Crippen molar-refractivity contribution in [2.75, 3.05) is 44.2 Å². The molecule has 0 aromatic heterocycles. The summed E-state index contributed by atoms with van der Waals surface area (Å²) in [7, 11) is 0. The standard InChI is InChI=1S/C34H31ClN6O4/c1-2-39(20-36)27-13-11-25-29-22(27)7-4-9-24(29)32(43)40(33(25)44)18-16-37-14-5-15-38-17-19-41-31(42)23-8-3-6-21-10-12-26(35)30(28(21)23)34(41)45/h2-4,6-13,20,36-38H,1,5,14-19H2. The van der Waals surface area contributed by atoms with Gasteiger partial charge < -0.3 is 15.5 Å². The van der Waals surface area contributed by atoms with Crippen molar-refractivity contribution in [2.24, 2.45) is 0 Å². The Morgan fingerprint density at radius 3 is 1.98 bits per heavy atom. The first-order valence-corrected chi connectivity index (χ1v) is 15.1. The molecule has 2 aliphatic rings. The van der Waals surface area contributed by atoms with Crippen LogP contribution < -0.4 is 15.5 Å². The van der Waals surface area contributed by atoms with Crippen molar-refractivity contribution in [3.8, 4) is 0 Å². The Labute approximate surface area is 264 Å². The molecule has 2 heterocycles. The van der Waals surface area contributed by atoms with Gasteiger partial charge in [-0.1, -0.05) is 48.5 Å². The second-order valence-corrected chi connectivity index (χ2v) is 11.2. The number of anilines is 1. The van der Waals surface area contributed by atoms with Crippen LogP contribution in [0.5, 0.6) is 0 Å². The summed E-state index contributed by atoms with van der Waals surface area (Å²) in [5.74, 6) is -1.40. The molecule has 0 atom stereocenters. The van der Waals surface area contributed by atoms with Crippen LogP contribution in [0, 0.1) is 5.41 Å². The summed E-state index contributed by atoms with van der Waals surface area (Å²) in [4.78, 5) is 56.9. The highest BCUT2D eigenvalue weighted by molar-refractivity contribution is 6.38. The number of nitrogens with zero attached hydrogens (tertiary/aromatic N) is 3. The highest BCUT2D eigenvalue weighted by Gasteiger charge is 2.35. The molecule has 0 bridgehead atoms. The quantitative estimate of drug-likeness (QED) is 0.0857. The van der Waals surface area contributed by atoms with E-state index in [1.165, 1.54) is 20.9 Å². The van der Waals surface area contributed by atoms with Gasteiger partial charge in [-0.15, -0.1) is 0 Å². The predicted octanol–water partition coefficient (Wildman–Crippen LogP) is 4.66. The Hall–Kier alpha value is -4.90. The molecule has 4 aromatic carbocycles. The number of imide groups is 2. The molecule has 0 fully saturated rings. The van der Waals surface area contributed by atoms with Gasteiger partial charge in [0.15, 0.2) is 0 Å². The zero-order valence-corrected chi connectivity index (χ0v) is 25.2. The van der Waals surface area contributed by atoms with Gasteiger partial charge in [0.2, 0.25) is 0 Å². The molecule has 0 saturated heterocycles. The summed E-state index contributed by atoms with van der Waals surface area (Å²) >= 11 is 6.36. The molecule has 228 valence electrons. The van der Waals surface area contributed by atoms with Crippen molar-refractivity contribution >= 4 is 68.8 Å². The van der Waals surface area contributed by atoms with Crippen LogP contribution in [0.4, 0.5) is 5.69 Å². The van der Waals surface area contributed by atoms with E-state index in [-0.39, 0.29) is 36.7 Å². The van der Waals surface area contributed by atoms with E-state index in [9.17, 15) is 19.2 Å². The van der Waals surface area contributed by atoms with Crippen molar-refractivity contribution in [3.05, 3.63) is 101 Å². The molecule has 0 spiro atoms. The second-order valence-electron chi connectivity index (χ2n) is 10.8. The zero-order valence-electron chi connectivity index (χ0n) is 24.4.